The fourth-order valence-corrected chi connectivity index (χ4v) is 4.22. The molecule has 0 saturated heterocycles. The maximum Gasteiger partial charge on any atom is 0.413 e. The number of carbonyl (C=O) groups excluding carboxylic acids is 1. The van der Waals surface area contributed by atoms with E-state index in [1.165, 1.54) is 23.1 Å². The second-order valence-electron chi connectivity index (χ2n) is 5.49. The lowest BCUT2D eigenvalue weighted by Gasteiger charge is -2.04. The zero-order valence-electron chi connectivity index (χ0n) is 14.0. The van der Waals surface area contributed by atoms with Crippen molar-refractivity contribution in [1.82, 2.24) is 15.2 Å². The third kappa shape index (κ3) is 4.42. The summed E-state index contributed by atoms with van der Waals surface area (Å²) in [6, 6.07) is 19.4. The predicted octanol–water partition coefficient (Wildman–Crippen LogP) is 5.23. The number of ether oxygens (including phenoxy) is 1. The number of benzene rings is 2. The molecule has 0 aliphatic rings. The minimum Gasteiger partial charge on any atom is -0.444 e. The van der Waals surface area contributed by atoms with E-state index < -0.39 is 6.09 Å². The zero-order valence-corrected chi connectivity index (χ0v) is 15.7. The molecule has 0 unspecified atom stereocenters. The number of para-hydroxylation sites is 1. The van der Waals surface area contributed by atoms with Crippen LogP contribution in [0.3, 0.4) is 0 Å². The van der Waals surface area contributed by atoms with Gasteiger partial charge in [-0.05, 0) is 17.7 Å². The highest BCUT2D eigenvalue weighted by Gasteiger charge is 2.12. The molecule has 2 heterocycles. The number of anilines is 1. The van der Waals surface area contributed by atoms with Crippen molar-refractivity contribution in [1.29, 1.82) is 0 Å². The normalized spacial score (nSPS) is 10.7. The van der Waals surface area contributed by atoms with Crippen LogP contribution in [0.1, 0.15) is 6.99 Å². The van der Waals surface area contributed by atoms with Crippen molar-refractivity contribution in [2.24, 2.45) is 0 Å². The van der Waals surface area contributed by atoms with Crippen molar-refractivity contribution in [2.75, 3.05) is 5.32 Å². The summed E-state index contributed by atoms with van der Waals surface area (Å²) in [4.78, 5) is 17.3. The molecule has 2 aromatic carbocycles. The Hall–Kier alpha value is -2.97. The highest BCUT2D eigenvalue weighted by molar-refractivity contribution is 8.01. The highest BCUT2D eigenvalue weighted by atomic mass is 32.2. The van der Waals surface area contributed by atoms with Crippen molar-refractivity contribution in [3.05, 3.63) is 72.4 Å². The Kier molecular flexibility index (Phi) is 5.27. The van der Waals surface area contributed by atoms with E-state index in [-0.39, 0.29) is 8.03 Å². The van der Waals surface area contributed by atoms with E-state index in [0.29, 0.717) is 5.13 Å². The quantitative estimate of drug-likeness (QED) is 0.465. The number of amides is 1. The minimum absolute atomic E-state index is 0. The molecule has 1 N–H and O–H groups in total. The van der Waals surface area contributed by atoms with Gasteiger partial charge in [-0.1, -0.05) is 71.6 Å². The number of rotatable bonds is 5. The first-order valence-electron chi connectivity index (χ1n) is 8.11. The van der Waals surface area contributed by atoms with E-state index >= 15 is 0 Å². The van der Waals surface area contributed by atoms with Gasteiger partial charge < -0.3 is 4.74 Å². The van der Waals surface area contributed by atoms with Gasteiger partial charge in [-0.25, -0.2) is 4.79 Å². The van der Waals surface area contributed by atoms with Crippen LogP contribution in [0.15, 0.2) is 76.1 Å². The molecule has 0 radical (unpaired) electrons. The molecule has 2 aromatic heterocycles. The first kappa shape index (κ1) is 17.4. The average Bonchev–Trinajstić information content (AvgIpc) is 3.14. The summed E-state index contributed by atoms with van der Waals surface area (Å²) in [7, 11) is 0. The van der Waals surface area contributed by atoms with Gasteiger partial charge in [0.15, 0.2) is 4.34 Å². The van der Waals surface area contributed by atoms with Crippen LogP contribution in [0, 0.1) is 0 Å². The van der Waals surface area contributed by atoms with Crippen LogP contribution >= 0.6 is 23.1 Å². The Morgan fingerprint density at radius 2 is 1.89 bits per heavy atom. The van der Waals surface area contributed by atoms with Crippen LogP contribution in [0.5, 0.6) is 0 Å². The fraction of sp³-hybridized carbons (Fsp3) is 0.0526. The van der Waals surface area contributed by atoms with Crippen molar-refractivity contribution in [2.45, 2.75) is 15.8 Å². The summed E-state index contributed by atoms with van der Waals surface area (Å²) in [5, 5.41) is 12.2. The van der Waals surface area contributed by atoms with Gasteiger partial charge in [0.05, 0.1) is 5.52 Å². The first-order chi connectivity index (χ1) is 13.3. The second-order valence-corrected chi connectivity index (χ2v) is 7.75. The lowest BCUT2D eigenvalue weighted by molar-refractivity contribution is 0.155. The summed E-state index contributed by atoms with van der Waals surface area (Å²) in [5.41, 5.74) is 1.85. The summed E-state index contributed by atoms with van der Waals surface area (Å²) in [6.07, 6.45) is 1.21. The van der Waals surface area contributed by atoms with Crippen molar-refractivity contribution in [3.8, 4) is 0 Å². The molecule has 4 rings (SSSR count). The predicted molar refractivity (Wildman–Crippen MR) is 108 cm³/mol. The third-order valence-corrected chi connectivity index (χ3v) is 5.60. The van der Waals surface area contributed by atoms with E-state index in [1.807, 2.05) is 60.7 Å². The topological polar surface area (TPSA) is 77.0 Å². The molecule has 0 saturated carbocycles. The Balaban J connectivity index is 0.00000225. The summed E-state index contributed by atoms with van der Waals surface area (Å²) >= 11 is 2.78. The van der Waals surface area contributed by atoms with Gasteiger partial charge in [-0.3, -0.25) is 10.3 Å². The smallest absolute Gasteiger partial charge is 0.413 e. The number of hydrogen-bond donors (Lipinski definition) is 1. The highest BCUT2D eigenvalue weighted by Crippen LogP contribution is 2.35. The Morgan fingerprint density at radius 3 is 2.78 bits per heavy atom. The molecule has 6 nitrogen and oxygen atoms in total. The van der Waals surface area contributed by atoms with Crippen molar-refractivity contribution in [3.63, 3.8) is 0 Å². The van der Waals surface area contributed by atoms with Crippen molar-refractivity contribution >= 4 is 45.2 Å². The number of pyridine rings is 1. The van der Waals surface area contributed by atoms with Crippen LogP contribution in [0.25, 0.3) is 10.9 Å². The number of nitrogens with zero attached hydrogens (tertiary/aromatic N) is 3. The minimum atomic E-state index is -0.555. The van der Waals surface area contributed by atoms with Crippen LogP contribution < -0.4 is 5.32 Å². The van der Waals surface area contributed by atoms with Crippen LogP contribution in [-0.4, -0.2) is 21.3 Å². The molecule has 4 aromatic rings. The molecule has 0 fully saturated rings. The monoisotopic (exact) mass is 396 g/mol. The maximum atomic E-state index is 11.9. The van der Waals surface area contributed by atoms with E-state index in [0.717, 1.165) is 25.7 Å². The third-order valence-electron chi connectivity index (χ3n) is 3.63. The Labute approximate surface area is 165 Å². The van der Waals surface area contributed by atoms with Gasteiger partial charge >= 0.3 is 6.09 Å². The SMILES string of the molecule is O=C(Nc1nnc(Sc2ccnc3ccccc23)s1)OCc1ccccc1.[HH]. The van der Waals surface area contributed by atoms with Gasteiger partial charge in [0.1, 0.15) is 6.61 Å². The molecular formula is C19H16N4O2S2. The summed E-state index contributed by atoms with van der Waals surface area (Å²) in [5.74, 6) is 0. The van der Waals surface area contributed by atoms with E-state index in [2.05, 4.69) is 20.5 Å². The standard InChI is InChI=1S/C19H14N4O2S2.H2/c24-18(25-12-13-6-2-1-3-7-13)21-17-22-23-19(27-17)26-16-10-11-20-15-9-5-4-8-14(15)16;/h1-11H,12H2,(H,21,22,24);1H. The molecule has 0 aliphatic carbocycles. The first-order valence-corrected chi connectivity index (χ1v) is 9.74. The molecule has 8 heteroatoms. The maximum absolute atomic E-state index is 11.9. The van der Waals surface area contributed by atoms with Crippen molar-refractivity contribution < 1.29 is 11.0 Å². The number of hydrogen-bond acceptors (Lipinski definition) is 7. The van der Waals surface area contributed by atoms with Crippen LogP contribution in [-0.2, 0) is 11.3 Å². The fourth-order valence-electron chi connectivity index (χ4n) is 2.40. The molecule has 0 aliphatic heterocycles. The van der Waals surface area contributed by atoms with Gasteiger partial charge in [-0.2, -0.15) is 0 Å². The molecule has 27 heavy (non-hydrogen) atoms. The van der Waals surface area contributed by atoms with E-state index in [4.69, 9.17) is 4.74 Å². The molecule has 136 valence electrons. The van der Waals surface area contributed by atoms with Gasteiger partial charge in [0, 0.05) is 17.9 Å². The summed E-state index contributed by atoms with van der Waals surface area (Å²) in [6.45, 7) is 0.204. The Bertz CT molecular complexity index is 1070. The lowest BCUT2D eigenvalue weighted by atomic mass is 10.2. The largest absolute Gasteiger partial charge is 0.444 e. The number of nitrogens with one attached hydrogen (secondary N) is 1. The number of carbonyl (C=O) groups is 1. The molecule has 1 amide bonds. The van der Waals surface area contributed by atoms with Crippen LogP contribution in [0.2, 0.25) is 0 Å². The Morgan fingerprint density at radius 1 is 1.07 bits per heavy atom. The molecule has 0 bridgehead atoms. The van der Waals surface area contributed by atoms with Gasteiger partial charge in [0.2, 0.25) is 5.13 Å². The van der Waals surface area contributed by atoms with Crippen LogP contribution in [0.4, 0.5) is 9.93 Å². The average molecular weight is 396 g/mol. The zero-order chi connectivity index (χ0) is 18.5. The number of fused-ring (bicyclic) bond motifs is 1. The van der Waals surface area contributed by atoms with E-state index in [1.54, 1.807) is 6.20 Å². The summed E-state index contributed by atoms with van der Waals surface area (Å²) < 4.78 is 5.92. The van der Waals surface area contributed by atoms with Gasteiger partial charge in [0.25, 0.3) is 0 Å². The molecule has 0 spiro atoms. The molecule has 0 atom stereocenters. The lowest BCUT2D eigenvalue weighted by Crippen LogP contribution is -2.13. The van der Waals surface area contributed by atoms with Gasteiger partial charge in [-0.15, -0.1) is 10.2 Å². The molecular weight excluding hydrogens is 380 g/mol. The number of aromatic nitrogens is 3. The second kappa shape index (κ2) is 8.15. The van der Waals surface area contributed by atoms with E-state index in [9.17, 15) is 4.79 Å².